The largest absolute Gasteiger partial charge is 0.373 e. The van der Waals surface area contributed by atoms with Crippen molar-refractivity contribution in [2.45, 2.75) is 26.4 Å². The third-order valence-corrected chi connectivity index (χ3v) is 3.45. The van der Waals surface area contributed by atoms with Crippen molar-refractivity contribution in [2.75, 3.05) is 25.5 Å². The molecule has 2 rings (SSSR count). The minimum Gasteiger partial charge on any atom is -0.373 e. The number of piperazine rings is 1. The zero-order valence-electron chi connectivity index (χ0n) is 12.1. The Balaban J connectivity index is 2.12. The van der Waals surface area contributed by atoms with Crippen LogP contribution in [0.15, 0.2) is 18.3 Å². The zero-order valence-corrected chi connectivity index (χ0v) is 12.1. The Hall–Kier alpha value is -2.11. The predicted molar refractivity (Wildman–Crippen MR) is 76.0 cm³/mol. The average Bonchev–Trinajstić information content (AvgIpc) is 2.44. The van der Waals surface area contributed by atoms with E-state index in [1.807, 2.05) is 26.0 Å². The Kier molecular flexibility index (Phi) is 4.22. The summed E-state index contributed by atoms with van der Waals surface area (Å²) in [6.45, 7) is 5.38. The van der Waals surface area contributed by atoms with Gasteiger partial charge < -0.3 is 15.1 Å². The number of anilines is 1. The number of aromatic nitrogens is 1. The summed E-state index contributed by atoms with van der Waals surface area (Å²) in [5.41, 5.74) is 0.911. The molecule has 2 amide bonds. The summed E-state index contributed by atoms with van der Waals surface area (Å²) in [4.78, 5) is 31.6. The molecule has 6 heteroatoms. The van der Waals surface area contributed by atoms with Gasteiger partial charge in [0.25, 0.3) is 0 Å². The maximum absolute atomic E-state index is 12.1. The number of carbonyl (C=O) groups is 2. The molecule has 1 aliphatic heterocycles. The van der Waals surface area contributed by atoms with Crippen LogP contribution in [-0.4, -0.2) is 52.8 Å². The summed E-state index contributed by atoms with van der Waals surface area (Å²) < 4.78 is 0. The molecule has 1 aromatic rings. The van der Waals surface area contributed by atoms with Gasteiger partial charge in [0.05, 0.1) is 0 Å². The lowest BCUT2D eigenvalue weighted by molar-refractivity contribution is -0.157. The van der Waals surface area contributed by atoms with E-state index in [0.717, 1.165) is 11.4 Å². The first-order valence-corrected chi connectivity index (χ1v) is 6.76. The van der Waals surface area contributed by atoms with E-state index >= 15 is 0 Å². The van der Waals surface area contributed by atoms with E-state index in [1.54, 1.807) is 23.0 Å². The smallest absolute Gasteiger partial charge is 0.312 e. The zero-order chi connectivity index (χ0) is 14.7. The van der Waals surface area contributed by atoms with Gasteiger partial charge in [0, 0.05) is 44.5 Å². The molecule has 1 aliphatic rings. The molecule has 2 heterocycles. The Morgan fingerprint density at radius 2 is 2.05 bits per heavy atom. The van der Waals surface area contributed by atoms with Crippen LogP contribution in [0.2, 0.25) is 0 Å². The number of nitrogens with one attached hydrogen (secondary N) is 1. The molecule has 6 nitrogen and oxygen atoms in total. The fourth-order valence-corrected chi connectivity index (χ4v) is 2.33. The minimum absolute atomic E-state index is 0.0554. The molecule has 0 atom stereocenters. The molecule has 1 fully saturated rings. The van der Waals surface area contributed by atoms with Crippen molar-refractivity contribution in [3.8, 4) is 0 Å². The van der Waals surface area contributed by atoms with Crippen molar-refractivity contribution < 1.29 is 9.59 Å². The topological polar surface area (TPSA) is 65.5 Å². The van der Waals surface area contributed by atoms with Crippen LogP contribution in [0.1, 0.15) is 19.4 Å². The third-order valence-electron chi connectivity index (χ3n) is 3.45. The van der Waals surface area contributed by atoms with Gasteiger partial charge in [-0.05, 0) is 19.9 Å². The molecule has 0 saturated carbocycles. The van der Waals surface area contributed by atoms with Crippen LogP contribution in [0.5, 0.6) is 0 Å². The molecular weight excluding hydrogens is 256 g/mol. The second-order valence-electron chi connectivity index (χ2n) is 5.08. The van der Waals surface area contributed by atoms with Gasteiger partial charge in [0.2, 0.25) is 0 Å². The molecule has 20 heavy (non-hydrogen) atoms. The SMILES string of the molecule is CNc1ncccc1CN1CCN(C(C)C)C(=O)C1=O. The van der Waals surface area contributed by atoms with Crippen molar-refractivity contribution >= 4 is 17.6 Å². The average molecular weight is 276 g/mol. The number of nitrogens with zero attached hydrogens (tertiary/aromatic N) is 3. The molecule has 0 unspecified atom stereocenters. The summed E-state index contributed by atoms with van der Waals surface area (Å²) in [6, 6.07) is 3.79. The van der Waals surface area contributed by atoms with E-state index in [-0.39, 0.29) is 6.04 Å². The fourth-order valence-electron chi connectivity index (χ4n) is 2.33. The van der Waals surface area contributed by atoms with Gasteiger partial charge >= 0.3 is 11.8 Å². The fraction of sp³-hybridized carbons (Fsp3) is 0.500. The summed E-state index contributed by atoms with van der Waals surface area (Å²) in [6.07, 6.45) is 1.69. The summed E-state index contributed by atoms with van der Waals surface area (Å²) >= 11 is 0. The summed E-state index contributed by atoms with van der Waals surface area (Å²) in [5, 5.41) is 2.99. The normalized spacial score (nSPS) is 16.0. The third kappa shape index (κ3) is 2.74. The van der Waals surface area contributed by atoms with Crippen LogP contribution in [0, 0.1) is 0 Å². The van der Waals surface area contributed by atoms with Crippen molar-refractivity contribution in [3.63, 3.8) is 0 Å². The lowest BCUT2D eigenvalue weighted by Crippen LogP contribution is -2.55. The maximum atomic E-state index is 12.1. The molecule has 108 valence electrons. The van der Waals surface area contributed by atoms with Crippen LogP contribution >= 0.6 is 0 Å². The lowest BCUT2D eigenvalue weighted by Gasteiger charge is -2.36. The molecule has 1 saturated heterocycles. The molecule has 0 spiro atoms. The van der Waals surface area contributed by atoms with Crippen molar-refractivity contribution in [3.05, 3.63) is 23.9 Å². The highest BCUT2D eigenvalue weighted by molar-refractivity contribution is 6.35. The van der Waals surface area contributed by atoms with Gasteiger partial charge in [0.1, 0.15) is 5.82 Å². The highest BCUT2D eigenvalue weighted by Gasteiger charge is 2.33. The van der Waals surface area contributed by atoms with Crippen molar-refractivity contribution in [1.82, 2.24) is 14.8 Å². The highest BCUT2D eigenvalue weighted by Crippen LogP contribution is 2.16. The quantitative estimate of drug-likeness (QED) is 0.822. The van der Waals surface area contributed by atoms with Gasteiger partial charge in [-0.3, -0.25) is 9.59 Å². The van der Waals surface area contributed by atoms with E-state index in [2.05, 4.69) is 10.3 Å². The van der Waals surface area contributed by atoms with E-state index in [9.17, 15) is 9.59 Å². The molecule has 0 aliphatic carbocycles. The second-order valence-corrected chi connectivity index (χ2v) is 5.08. The molecule has 0 radical (unpaired) electrons. The van der Waals surface area contributed by atoms with Crippen LogP contribution in [0.3, 0.4) is 0 Å². The minimum atomic E-state index is -0.434. The van der Waals surface area contributed by atoms with Gasteiger partial charge in [0.15, 0.2) is 0 Å². The number of hydrogen-bond acceptors (Lipinski definition) is 4. The van der Waals surface area contributed by atoms with Crippen LogP contribution in [0.25, 0.3) is 0 Å². The summed E-state index contributed by atoms with van der Waals surface area (Å²) in [7, 11) is 1.79. The first kappa shape index (κ1) is 14.3. The molecule has 1 aromatic heterocycles. The first-order chi connectivity index (χ1) is 9.54. The van der Waals surface area contributed by atoms with Crippen LogP contribution < -0.4 is 5.32 Å². The van der Waals surface area contributed by atoms with E-state index < -0.39 is 11.8 Å². The molecular formula is C14H20N4O2. The van der Waals surface area contributed by atoms with Crippen LogP contribution in [-0.2, 0) is 16.1 Å². The molecule has 1 N–H and O–H groups in total. The molecule has 0 bridgehead atoms. The van der Waals surface area contributed by atoms with Crippen LogP contribution in [0.4, 0.5) is 5.82 Å². The Morgan fingerprint density at radius 3 is 2.70 bits per heavy atom. The Morgan fingerprint density at radius 1 is 1.30 bits per heavy atom. The molecule has 0 aromatic carbocycles. The maximum Gasteiger partial charge on any atom is 0.312 e. The van der Waals surface area contributed by atoms with E-state index in [0.29, 0.717) is 19.6 Å². The second kappa shape index (κ2) is 5.90. The predicted octanol–water partition coefficient (Wildman–Crippen LogP) is 0.703. The number of carbonyl (C=O) groups excluding carboxylic acids is 2. The van der Waals surface area contributed by atoms with Gasteiger partial charge in [-0.25, -0.2) is 4.98 Å². The Bertz CT molecular complexity index is 516. The van der Waals surface area contributed by atoms with E-state index in [1.165, 1.54) is 0 Å². The van der Waals surface area contributed by atoms with E-state index in [4.69, 9.17) is 0 Å². The van der Waals surface area contributed by atoms with Gasteiger partial charge in [-0.2, -0.15) is 0 Å². The number of pyridine rings is 1. The standard InChI is InChI=1S/C14H20N4O2/c1-10(2)18-8-7-17(13(19)14(18)20)9-11-5-4-6-16-12(11)15-3/h4-6,10H,7-9H2,1-3H3,(H,15,16). The Labute approximate surface area is 118 Å². The van der Waals surface area contributed by atoms with Gasteiger partial charge in [-0.1, -0.05) is 6.07 Å². The van der Waals surface area contributed by atoms with Gasteiger partial charge in [-0.15, -0.1) is 0 Å². The number of rotatable bonds is 4. The summed E-state index contributed by atoms with van der Waals surface area (Å²) in [5.74, 6) is -0.115. The monoisotopic (exact) mass is 276 g/mol. The van der Waals surface area contributed by atoms with Crippen molar-refractivity contribution in [1.29, 1.82) is 0 Å². The number of amides is 2. The lowest BCUT2D eigenvalue weighted by atomic mass is 10.2. The first-order valence-electron chi connectivity index (χ1n) is 6.76. The number of hydrogen-bond donors (Lipinski definition) is 1. The highest BCUT2D eigenvalue weighted by atomic mass is 16.2. The van der Waals surface area contributed by atoms with Crippen molar-refractivity contribution in [2.24, 2.45) is 0 Å².